The van der Waals surface area contributed by atoms with E-state index in [4.69, 9.17) is 17.0 Å². The third kappa shape index (κ3) is 6.90. The van der Waals surface area contributed by atoms with Gasteiger partial charge < -0.3 is 10.1 Å². The Labute approximate surface area is 204 Å². The van der Waals surface area contributed by atoms with Gasteiger partial charge in [-0.3, -0.25) is 14.8 Å². The molecule has 0 bridgehead atoms. The second-order valence-electron chi connectivity index (χ2n) is 7.50. The fraction of sp³-hybridized carbons (Fsp3) is 0.120. The van der Waals surface area contributed by atoms with Gasteiger partial charge in [0.1, 0.15) is 5.75 Å². The maximum absolute atomic E-state index is 12.7. The summed E-state index contributed by atoms with van der Waals surface area (Å²) in [5.41, 5.74) is 3.79. The number of aryl methyl sites for hydroxylation is 2. The highest BCUT2D eigenvalue weighted by atomic mass is 32.2. The quantitative estimate of drug-likeness (QED) is 0.326. The third-order valence-corrected chi connectivity index (χ3v) is 6.41. The number of sulfonamides is 1. The first-order chi connectivity index (χ1) is 16.2. The van der Waals surface area contributed by atoms with Crippen molar-refractivity contribution in [2.24, 2.45) is 0 Å². The summed E-state index contributed by atoms with van der Waals surface area (Å²) in [4.78, 5) is 12.2. The van der Waals surface area contributed by atoms with Crippen molar-refractivity contribution in [2.75, 3.05) is 17.1 Å². The topological polar surface area (TPSA) is 96.5 Å². The lowest BCUT2D eigenvalue weighted by atomic mass is 10.1. The van der Waals surface area contributed by atoms with Crippen LogP contribution in [-0.4, -0.2) is 26.5 Å². The molecule has 0 aromatic heterocycles. The maximum Gasteiger partial charge on any atom is 0.261 e. The lowest BCUT2D eigenvalue weighted by molar-refractivity contribution is -0.115. The highest BCUT2D eigenvalue weighted by Crippen LogP contribution is 2.22. The number of ether oxygens (including phenoxy) is 1. The number of benzene rings is 3. The van der Waals surface area contributed by atoms with Crippen LogP contribution in [0.2, 0.25) is 0 Å². The Kier molecular flexibility index (Phi) is 8.04. The number of methoxy groups -OCH3 is 1. The molecule has 3 aromatic rings. The van der Waals surface area contributed by atoms with E-state index in [1.807, 2.05) is 38.1 Å². The zero-order valence-electron chi connectivity index (χ0n) is 19.0. The van der Waals surface area contributed by atoms with Crippen molar-refractivity contribution >= 4 is 50.7 Å². The van der Waals surface area contributed by atoms with E-state index in [-0.39, 0.29) is 10.0 Å². The van der Waals surface area contributed by atoms with Crippen LogP contribution < -0.4 is 20.1 Å². The van der Waals surface area contributed by atoms with Gasteiger partial charge in [0.25, 0.3) is 10.0 Å². The van der Waals surface area contributed by atoms with Crippen LogP contribution in [0.3, 0.4) is 0 Å². The molecule has 0 saturated carbocycles. The molecule has 176 valence electrons. The number of carbonyl (C=O) groups is 1. The van der Waals surface area contributed by atoms with Gasteiger partial charge in [-0.25, -0.2) is 8.42 Å². The van der Waals surface area contributed by atoms with Gasteiger partial charge in [0, 0.05) is 11.8 Å². The molecule has 0 aliphatic heterocycles. The van der Waals surface area contributed by atoms with Gasteiger partial charge in [-0.15, -0.1) is 0 Å². The number of carbonyl (C=O) groups excluding carboxylic acids is 1. The number of thiocarbonyl (C=S) groups is 1. The predicted molar refractivity (Wildman–Crippen MR) is 140 cm³/mol. The highest BCUT2D eigenvalue weighted by Gasteiger charge is 2.15. The van der Waals surface area contributed by atoms with Crippen molar-refractivity contribution in [2.45, 2.75) is 18.7 Å². The SMILES string of the molecule is COc1ccc(C=CC(=O)NC(=S)Nc2ccc(S(=O)(=O)Nc3ccc(C)cc3C)cc2)cc1. The Balaban J connectivity index is 1.57. The predicted octanol–water partition coefficient (Wildman–Crippen LogP) is 4.64. The van der Waals surface area contributed by atoms with E-state index in [9.17, 15) is 13.2 Å². The standard InChI is InChI=1S/C25H25N3O4S2/c1-17-4-14-23(18(2)16-17)28-34(30,31)22-12-8-20(9-13-22)26-25(33)27-24(29)15-7-19-5-10-21(32-3)11-6-19/h4-16,28H,1-3H3,(H2,26,27,29,33). The van der Waals surface area contributed by atoms with Crippen LogP contribution in [-0.2, 0) is 14.8 Å². The molecular weight excluding hydrogens is 470 g/mol. The normalized spacial score (nSPS) is 11.1. The first-order valence-corrected chi connectivity index (χ1v) is 12.2. The van der Waals surface area contributed by atoms with Gasteiger partial charge in [0.05, 0.1) is 17.7 Å². The van der Waals surface area contributed by atoms with Crippen molar-refractivity contribution < 1.29 is 17.9 Å². The minimum atomic E-state index is -3.75. The Morgan fingerprint density at radius 2 is 1.65 bits per heavy atom. The van der Waals surface area contributed by atoms with Gasteiger partial charge in [-0.05, 0) is 85.7 Å². The molecule has 0 radical (unpaired) electrons. The van der Waals surface area contributed by atoms with Gasteiger partial charge in [-0.2, -0.15) is 0 Å². The highest BCUT2D eigenvalue weighted by molar-refractivity contribution is 7.92. The molecule has 3 N–H and O–H groups in total. The molecular formula is C25H25N3O4S2. The molecule has 0 heterocycles. The summed E-state index contributed by atoms with van der Waals surface area (Å²) < 4.78 is 33.1. The van der Waals surface area contributed by atoms with Gasteiger partial charge >= 0.3 is 0 Å². The lowest BCUT2D eigenvalue weighted by Gasteiger charge is -2.12. The number of nitrogens with one attached hydrogen (secondary N) is 3. The molecule has 0 aliphatic carbocycles. The fourth-order valence-electron chi connectivity index (χ4n) is 3.05. The zero-order chi connectivity index (χ0) is 24.7. The fourth-order valence-corrected chi connectivity index (χ4v) is 4.40. The monoisotopic (exact) mass is 495 g/mol. The Morgan fingerprint density at radius 3 is 2.26 bits per heavy atom. The number of anilines is 2. The summed E-state index contributed by atoms with van der Waals surface area (Å²) in [6, 6.07) is 18.8. The van der Waals surface area contributed by atoms with Crippen LogP contribution in [0.5, 0.6) is 5.75 Å². The molecule has 3 aromatic carbocycles. The molecule has 34 heavy (non-hydrogen) atoms. The van der Waals surface area contributed by atoms with Crippen LogP contribution in [0.1, 0.15) is 16.7 Å². The Bertz CT molecular complexity index is 1320. The average Bonchev–Trinajstić information content (AvgIpc) is 2.80. The molecule has 0 fully saturated rings. The third-order valence-electron chi connectivity index (χ3n) is 4.83. The van der Waals surface area contributed by atoms with E-state index in [1.165, 1.54) is 18.2 Å². The van der Waals surface area contributed by atoms with Gasteiger partial charge in [0.15, 0.2) is 5.11 Å². The van der Waals surface area contributed by atoms with Crippen LogP contribution in [0.15, 0.2) is 77.7 Å². The smallest absolute Gasteiger partial charge is 0.261 e. The molecule has 0 atom stereocenters. The van der Waals surface area contributed by atoms with Crippen LogP contribution in [0.4, 0.5) is 11.4 Å². The summed E-state index contributed by atoms with van der Waals surface area (Å²) in [5, 5.41) is 5.50. The minimum Gasteiger partial charge on any atom is -0.497 e. The molecule has 0 unspecified atom stereocenters. The first kappa shape index (κ1) is 24.9. The molecule has 3 rings (SSSR count). The molecule has 0 spiro atoms. The van der Waals surface area contributed by atoms with Crippen molar-refractivity contribution in [1.29, 1.82) is 0 Å². The molecule has 0 saturated heterocycles. The second kappa shape index (κ2) is 11.0. The van der Waals surface area contributed by atoms with Gasteiger partial charge in [-0.1, -0.05) is 29.8 Å². The molecule has 7 nitrogen and oxygen atoms in total. The summed E-state index contributed by atoms with van der Waals surface area (Å²) in [5.74, 6) is 0.331. The van der Waals surface area contributed by atoms with Crippen LogP contribution in [0, 0.1) is 13.8 Å². The number of hydrogen-bond acceptors (Lipinski definition) is 5. The van der Waals surface area contributed by atoms with E-state index in [2.05, 4.69) is 15.4 Å². The number of hydrogen-bond donors (Lipinski definition) is 3. The number of rotatable bonds is 7. The van der Waals surface area contributed by atoms with Crippen molar-refractivity contribution in [3.05, 3.63) is 89.5 Å². The summed E-state index contributed by atoms with van der Waals surface area (Å²) in [6.45, 7) is 3.79. The Morgan fingerprint density at radius 1 is 0.971 bits per heavy atom. The van der Waals surface area contributed by atoms with E-state index >= 15 is 0 Å². The van der Waals surface area contributed by atoms with Crippen molar-refractivity contribution in [3.63, 3.8) is 0 Å². The van der Waals surface area contributed by atoms with Crippen molar-refractivity contribution in [3.8, 4) is 5.75 Å². The first-order valence-electron chi connectivity index (χ1n) is 10.3. The summed E-state index contributed by atoms with van der Waals surface area (Å²) in [6.07, 6.45) is 3.02. The lowest BCUT2D eigenvalue weighted by Crippen LogP contribution is -2.32. The summed E-state index contributed by atoms with van der Waals surface area (Å²) >= 11 is 5.17. The van der Waals surface area contributed by atoms with E-state index < -0.39 is 15.9 Å². The van der Waals surface area contributed by atoms with E-state index in [0.717, 1.165) is 22.4 Å². The summed E-state index contributed by atoms with van der Waals surface area (Å²) in [7, 11) is -2.16. The van der Waals surface area contributed by atoms with Gasteiger partial charge in [0.2, 0.25) is 5.91 Å². The molecule has 9 heteroatoms. The average molecular weight is 496 g/mol. The van der Waals surface area contributed by atoms with Crippen LogP contribution >= 0.6 is 12.2 Å². The molecule has 0 aliphatic rings. The number of amides is 1. The largest absolute Gasteiger partial charge is 0.497 e. The second-order valence-corrected chi connectivity index (χ2v) is 9.59. The zero-order valence-corrected chi connectivity index (χ0v) is 20.6. The van der Waals surface area contributed by atoms with Crippen molar-refractivity contribution in [1.82, 2.24) is 5.32 Å². The maximum atomic E-state index is 12.7. The van der Waals surface area contributed by atoms with Crippen LogP contribution in [0.25, 0.3) is 6.08 Å². The van der Waals surface area contributed by atoms with E-state index in [0.29, 0.717) is 11.4 Å². The Hall–Kier alpha value is -3.69. The van der Waals surface area contributed by atoms with E-state index in [1.54, 1.807) is 43.5 Å². The molecule has 1 amide bonds. The minimum absolute atomic E-state index is 0.0911.